The summed E-state index contributed by atoms with van der Waals surface area (Å²) in [7, 11) is 1.80. The normalized spacial score (nSPS) is 16.0. The number of fused-ring (bicyclic) bond motifs is 1. The Labute approximate surface area is 313 Å². The van der Waals surface area contributed by atoms with E-state index >= 15 is 0 Å². The zero-order valence-corrected chi connectivity index (χ0v) is 31.0. The Balaban J connectivity index is 0.000000411. The van der Waals surface area contributed by atoms with Crippen LogP contribution in [0.4, 0.5) is 11.4 Å². The van der Waals surface area contributed by atoms with Gasteiger partial charge < -0.3 is 31.1 Å². The molecule has 3 amide bonds. The van der Waals surface area contributed by atoms with Gasteiger partial charge in [-0.3, -0.25) is 19.4 Å². The summed E-state index contributed by atoms with van der Waals surface area (Å²) >= 11 is 0. The van der Waals surface area contributed by atoms with Crippen molar-refractivity contribution in [2.24, 2.45) is 5.73 Å². The fourth-order valence-corrected chi connectivity index (χ4v) is 7.34. The van der Waals surface area contributed by atoms with Gasteiger partial charge in [0.05, 0.1) is 11.4 Å². The molecule has 278 valence electrons. The smallest absolute Gasteiger partial charge is 0.255 e. The molecular formula is C43H53N7O3. The highest BCUT2D eigenvalue weighted by Gasteiger charge is 2.19. The maximum absolute atomic E-state index is 13.5. The molecule has 1 aliphatic carbocycles. The Bertz CT molecular complexity index is 1840. The van der Waals surface area contributed by atoms with Crippen LogP contribution in [0.15, 0.2) is 85.1 Å². The average Bonchev–Trinajstić information content (AvgIpc) is 3.49. The lowest BCUT2D eigenvalue weighted by atomic mass is 9.92. The number of nitrogens with one attached hydrogen (secondary N) is 2. The van der Waals surface area contributed by atoms with Crippen molar-refractivity contribution in [2.75, 3.05) is 69.6 Å². The Hall–Kier alpha value is -5.06. The number of primary amides is 1. The summed E-state index contributed by atoms with van der Waals surface area (Å²) in [5.74, 6) is -1.01. The predicted molar refractivity (Wildman–Crippen MR) is 213 cm³/mol. The minimum atomic E-state index is -0.545. The SMILES string of the molecule is CN(CCN1CCCNCC1)C(=O)c1cccc(C(=O)Nc2ccc(N3CCCCC3)cc2-c2cc(C(N)=O)ccn2)c1.c1ccc2c(c1)CCCC2. The molecule has 2 fully saturated rings. The van der Waals surface area contributed by atoms with Gasteiger partial charge in [-0.25, -0.2) is 0 Å². The zero-order chi connectivity index (χ0) is 37.0. The highest BCUT2D eigenvalue weighted by Crippen LogP contribution is 2.33. The first kappa shape index (κ1) is 37.7. The van der Waals surface area contributed by atoms with Gasteiger partial charge in [0, 0.05) is 80.5 Å². The largest absolute Gasteiger partial charge is 0.372 e. The number of benzene rings is 3. The van der Waals surface area contributed by atoms with Gasteiger partial charge in [0.1, 0.15) is 0 Å². The third-order valence-electron chi connectivity index (χ3n) is 10.5. The molecule has 0 saturated carbocycles. The number of nitrogens with zero attached hydrogens (tertiary/aromatic N) is 4. The molecule has 0 atom stereocenters. The van der Waals surface area contributed by atoms with E-state index < -0.39 is 5.91 Å². The van der Waals surface area contributed by atoms with Gasteiger partial charge in [0.2, 0.25) is 5.91 Å². The van der Waals surface area contributed by atoms with E-state index in [0.717, 1.165) is 70.8 Å². The third-order valence-corrected chi connectivity index (χ3v) is 10.5. The van der Waals surface area contributed by atoms with Gasteiger partial charge in [0.25, 0.3) is 11.8 Å². The van der Waals surface area contributed by atoms with Crippen molar-refractivity contribution in [1.82, 2.24) is 20.1 Å². The van der Waals surface area contributed by atoms with E-state index in [-0.39, 0.29) is 11.8 Å². The van der Waals surface area contributed by atoms with Gasteiger partial charge >= 0.3 is 0 Å². The van der Waals surface area contributed by atoms with Gasteiger partial charge in [-0.1, -0.05) is 30.3 Å². The molecule has 53 heavy (non-hydrogen) atoms. The standard InChI is InChI=1S/C33H41N7O3.C10H12/c1-38(19-20-39-15-6-12-35-14-18-39)33(43)26-8-5-7-25(21-26)32(42)37-29-10-9-27(40-16-3-2-4-17-40)23-28(29)30-22-24(31(34)41)11-13-36-30;1-2-6-10-8-4-3-7-9(10)5-1/h5,7-11,13,21-23,35H,2-4,6,12,14-20H2,1H3,(H2,34,41)(H,37,42);1-2,5-6H,3-4,7-8H2. The van der Waals surface area contributed by atoms with E-state index in [1.807, 2.05) is 18.2 Å². The van der Waals surface area contributed by atoms with Crippen LogP contribution in [0, 0.1) is 0 Å². The fraction of sp³-hybridized carbons (Fsp3) is 0.395. The molecule has 3 heterocycles. The van der Waals surface area contributed by atoms with E-state index in [1.54, 1.807) is 65.7 Å². The van der Waals surface area contributed by atoms with E-state index in [4.69, 9.17) is 5.73 Å². The van der Waals surface area contributed by atoms with E-state index in [0.29, 0.717) is 40.2 Å². The maximum atomic E-state index is 13.5. The average molecular weight is 716 g/mol. The van der Waals surface area contributed by atoms with Crippen LogP contribution in [0.5, 0.6) is 0 Å². The number of anilines is 2. The van der Waals surface area contributed by atoms with Crippen molar-refractivity contribution in [1.29, 1.82) is 0 Å². The number of pyridine rings is 1. The number of likely N-dealkylation sites (N-methyl/N-ethyl adjacent to an activating group) is 1. The highest BCUT2D eigenvalue weighted by molar-refractivity contribution is 6.08. The third kappa shape index (κ3) is 10.3. The summed E-state index contributed by atoms with van der Waals surface area (Å²) in [5, 5.41) is 6.42. The van der Waals surface area contributed by atoms with Crippen LogP contribution in [0.1, 0.15) is 80.7 Å². The molecule has 7 rings (SSSR count). The van der Waals surface area contributed by atoms with E-state index in [2.05, 4.69) is 49.7 Å². The molecule has 0 bridgehead atoms. The number of rotatable bonds is 9. The summed E-state index contributed by atoms with van der Waals surface area (Å²) in [6, 6.07) is 24.7. The summed E-state index contributed by atoms with van der Waals surface area (Å²) in [6.45, 7) is 7.33. The number of hydrogen-bond acceptors (Lipinski definition) is 7. The molecular weight excluding hydrogens is 663 g/mol. The summed E-state index contributed by atoms with van der Waals surface area (Å²) in [4.78, 5) is 49.6. The number of carbonyl (C=O) groups excluding carboxylic acids is 3. The van der Waals surface area contributed by atoms with Gasteiger partial charge in [-0.2, -0.15) is 0 Å². The molecule has 4 N–H and O–H groups in total. The molecule has 10 nitrogen and oxygen atoms in total. The Morgan fingerprint density at radius 3 is 2.28 bits per heavy atom. The Morgan fingerprint density at radius 1 is 0.774 bits per heavy atom. The molecule has 0 unspecified atom stereocenters. The van der Waals surface area contributed by atoms with Gasteiger partial charge in [-0.05, 0) is 124 Å². The molecule has 1 aromatic heterocycles. The lowest BCUT2D eigenvalue weighted by Crippen LogP contribution is -2.37. The van der Waals surface area contributed by atoms with Crippen molar-refractivity contribution in [3.8, 4) is 11.3 Å². The van der Waals surface area contributed by atoms with Crippen LogP contribution in [0.2, 0.25) is 0 Å². The van der Waals surface area contributed by atoms with Crippen molar-refractivity contribution in [3.05, 3.63) is 113 Å². The van der Waals surface area contributed by atoms with Crippen LogP contribution >= 0.6 is 0 Å². The quantitative estimate of drug-likeness (QED) is 0.194. The number of carbonyl (C=O) groups is 3. The number of piperidine rings is 1. The number of aromatic nitrogens is 1. The van der Waals surface area contributed by atoms with Crippen molar-refractivity contribution >= 4 is 29.1 Å². The summed E-state index contributed by atoms with van der Waals surface area (Å²) < 4.78 is 0. The monoisotopic (exact) mass is 715 g/mol. The molecule has 2 aliphatic heterocycles. The van der Waals surface area contributed by atoms with Gasteiger partial charge in [-0.15, -0.1) is 0 Å². The lowest BCUT2D eigenvalue weighted by Gasteiger charge is -2.29. The molecule has 3 aliphatic rings. The predicted octanol–water partition coefficient (Wildman–Crippen LogP) is 6.02. The topological polar surface area (TPSA) is 124 Å². The Kier molecular flexibility index (Phi) is 13.2. The van der Waals surface area contributed by atoms with Crippen LogP contribution in [0.25, 0.3) is 11.3 Å². The second kappa shape index (κ2) is 18.6. The molecule has 4 aromatic rings. The highest BCUT2D eigenvalue weighted by atomic mass is 16.2. The van der Waals surface area contributed by atoms with Crippen molar-refractivity contribution in [3.63, 3.8) is 0 Å². The van der Waals surface area contributed by atoms with Crippen LogP contribution in [-0.2, 0) is 12.8 Å². The van der Waals surface area contributed by atoms with Crippen LogP contribution < -0.4 is 21.3 Å². The Morgan fingerprint density at radius 2 is 1.53 bits per heavy atom. The van der Waals surface area contributed by atoms with E-state index in [9.17, 15) is 14.4 Å². The van der Waals surface area contributed by atoms with E-state index in [1.165, 1.54) is 32.1 Å². The number of nitrogens with two attached hydrogens (primary N) is 1. The molecule has 3 aromatic carbocycles. The number of aryl methyl sites for hydroxylation is 2. The van der Waals surface area contributed by atoms with Crippen LogP contribution in [-0.4, -0.2) is 91.9 Å². The minimum Gasteiger partial charge on any atom is -0.372 e. The lowest BCUT2D eigenvalue weighted by molar-refractivity contribution is 0.0779. The molecule has 0 spiro atoms. The summed E-state index contributed by atoms with van der Waals surface area (Å²) in [5.41, 5.74) is 12.7. The maximum Gasteiger partial charge on any atom is 0.255 e. The number of amides is 3. The minimum absolute atomic E-state index is 0.123. The first-order valence-electron chi connectivity index (χ1n) is 19.2. The van der Waals surface area contributed by atoms with Crippen molar-refractivity contribution < 1.29 is 14.4 Å². The molecule has 0 radical (unpaired) electrons. The van der Waals surface area contributed by atoms with Crippen molar-refractivity contribution in [2.45, 2.75) is 51.4 Å². The molecule has 10 heteroatoms. The zero-order valence-electron chi connectivity index (χ0n) is 31.0. The first-order chi connectivity index (χ1) is 25.9. The fourth-order valence-electron chi connectivity index (χ4n) is 7.34. The van der Waals surface area contributed by atoms with Gasteiger partial charge in [0.15, 0.2) is 0 Å². The summed E-state index contributed by atoms with van der Waals surface area (Å²) in [6.07, 6.45) is 11.5. The second-order valence-corrected chi connectivity index (χ2v) is 14.3. The molecule has 2 saturated heterocycles. The second-order valence-electron chi connectivity index (χ2n) is 14.3. The first-order valence-corrected chi connectivity index (χ1v) is 19.2. The van der Waals surface area contributed by atoms with Crippen LogP contribution in [0.3, 0.4) is 0 Å². The number of hydrogen-bond donors (Lipinski definition) is 3.